The van der Waals surface area contributed by atoms with Crippen molar-refractivity contribution in [1.29, 1.82) is 0 Å². The third-order valence-corrected chi connectivity index (χ3v) is 7.92. The molecule has 0 saturated heterocycles. The molecule has 8 heteroatoms. The first-order chi connectivity index (χ1) is 17.9. The number of nitrogens with zero attached hydrogens (tertiary/aromatic N) is 1. The van der Waals surface area contributed by atoms with E-state index in [1.54, 1.807) is 11.3 Å². The molecular weight excluding hydrogens is 502 g/mol. The lowest BCUT2D eigenvalue weighted by molar-refractivity contribution is -0.123. The number of alkyl carbamates (subject to hydrolysis) is 1. The number of thiazole rings is 1. The Balaban J connectivity index is 1.59. The van der Waals surface area contributed by atoms with Crippen LogP contribution in [0.5, 0.6) is 0 Å². The van der Waals surface area contributed by atoms with Crippen molar-refractivity contribution in [2.24, 2.45) is 0 Å². The van der Waals surface area contributed by atoms with E-state index in [-0.39, 0.29) is 11.9 Å². The Morgan fingerprint density at radius 2 is 1.62 bits per heavy atom. The van der Waals surface area contributed by atoms with Gasteiger partial charge in [0.25, 0.3) is 0 Å². The predicted octanol–water partition coefficient (Wildman–Crippen LogP) is 6.36. The SMILES string of the molecule is COC(=O)NC(Cc1ccccc1)C(=O)NC(Cc1ccc(C(C)C)cc1)c1nc(-c2cccs2)cs1. The largest absolute Gasteiger partial charge is 0.453 e. The summed E-state index contributed by atoms with van der Waals surface area (Å²) >= 11 is 3.16. The van der Waals surface area contributed by atoms with Crippen molar-refractivity contribution in [3.63, 3.8) is 0 Å². The quantitative estimate of drug-likeness (QED) is 0.248. The Morgan fingerprint density at radius 3 is 2.27 bits per heavy atom. The molecule has 37 heavy (non-hydrogen) atoms. The van der Waals surface area contributed by atoms with Gasteiger partial charge in [0.2, 0.25) is 5.91 Å². The number of hydrogen-bond donors (Lipinski definition) is 2. The van der Waals surface area contributed by atoms with Crippen molar-refractivity contribution in [3.8, 4) is 10.6 Å². The summed E-state index contributed by atoms with van der Waals surface area (Å²) in [5.74, 6) is 0.158. The Kier molecular flexibility index (Phi) is 9.09. The van der Waals surface area contributed by atoms with Crippen LogP contribution in [-0.4, -0.2) is 30.1 Å². The lowest BCUT2D eigenvalue weighted by Gasteiger charge is -2.22. The van der Waals surface area contributed by atoms with E-state index in [2.05, 4.69) is 48.7 Å². The zero-order valence-electron chi connectivity index (χ0n) is 21.1. The van der Waals surface area contributed by atoms with Gasteiger partial charge in [-0.15, -0.1) is 22.7 Å². The van der Waals surface area contributed by atoms with Gasteiger partial charge in [-0.25, -0.2) is 9.78 Å². The highest BCUT2D eigenvalue weighted by Gasteiger charge is 2.26. The first-order valence-electron chi connectivity index (χ1n) is 12.2. The number of thiophene rings is 1. The number of benzene rings is 2. The summed E-state index contributed by atoms with van der Waals surface area (Å²) in [5, 5.41) is 10.7. The third kappa shape index (κ3) is 7.27. The average molecular weight is 534 g/mol. The summed E-state index contributed by atoms with van der Waals surface area (Å²) in [7, 11) is 1.29. The van der Waals surface area contributed by atoms with Crippen LogP contribution in [0.3, 0.4) is 0 Å². The number of amides is 2. The molecule has 192 valence electrons. The summed E-state index contributed by atoms with van der Waals surface area (Å²) in [6.07, 6.45) is 0.277. The third-order valence-electron chi connectivity index (χ3n) is 6.07. The Hall–Kier alpha value is -3.49. The van der Waals surface area contributed by atoms with E-state index >= 15 is 0 Å². The molecular formula is C29H31N3O3S2. The van der Waals surface area contributed by atoms with Gasteiger partial charge in [0.15, 0.2) is 0 Å². The molecule has 0 spiro atoms. The Bertz CT molecular complexity index is 1290. The van der Waals surface area contributed by atoms with Crippen molar-refractivity contribution in [1.82, 2.24) is 15.6 Å². The number of methoxy groups -OCH3 is 1. The lowest BCUT2D eigenvalue weighted by atomic mass is 9.99. The predicted molar refractivity (Wildman–Crippen MR) is 150 cm³/mol. The van der Waals surface area contributed by atoms with Crippen LogP contribution in [-0.2, 0) is 22.4 Å². The molecule has 2 aromatic carbocycles. The Morgan fingerprint density at radius 1 is 0.892 bits per heavy atom. The van der Waals surface area contributed by atoms with Gasteiger partial charge < -0.3 is 15.4 Å². The van der Waals surface area contributed by atoms with Crippen LogP contribution in [0.15, 0.2) is 77.5 Å². The molecule has 4 aromatic rings. The first-order valence-corrected chi connectivity index (χ1v) is 14.0. The summed E-state index contributed by atoms with van der Waals surface area (Å²) < 4.78 is 4.79. The molecule has 2 N–H and O–H groups in total. The molecule has 2 heterocycles. The smallest absolute Gasteiger partial charge is 0.407 e. The molecule has 2 aromatic heterocycles. The number of carbonyl (C=O) groups excluding carboxylic acids is 2. The van der Waals surface area contributed by atoms with Crippen molar-refractivity contribution >= 4 is 34.7 Å². The van der Waals surface area contributed by atoms with Crippen LogP contribution >= 0.6 is 22.7 Å². The van der Waals surface area contributed by atoms with Gasteiger partial charge >= 0.3 is 6.09 Å². The van der Waals surface area contributed by atoms with Crippen LogP contribution in [0.1, 0.15) is 47.5 Å². The first kappa shape index (κ1) is 26.6. The van der Waals surface area contributed by atoms with Gasteiger partial charge in [-0.2, -0.15) is 0 Å². The molecule has 0 aliphatic carbocycles. The zero-order valence-corrected chi connectivity index (χ0v) is 22.8. The van der Waals surface area contributed by atoms with Gasteiger partial charge in [-0.05, 0) is 40.5 Å². The summed E-state index contributed by atoms with van der Waals surface area (Å²) in [4.78, 5) is 31.6. The summed E-state index contributed by atoms with van der Waals surface area (Å²) in [5.41, 5.74) is 4.21. The van der Waals surface area contributed by atoms with Gasteiger partial charge in [0.1, 0.15) is 11.0 Å². The van der Waals surface area contributed by atoms with Crippen molar-refractivity contribution in [2.45, 2.75) is 44.7 Å². The summed E-state index contributed by atoms with van der Waals surface area (Å²) in [6.45, 7) is 4.34. The maximum absolute atomic E-state index is 13.5. The van der Waals surface area contributed by atoms with Crippen LogP contribution in [0, 0.1) is 0 Å². The average Bonchev–Trinajstić information content (AvgIpc) is 3.61. The van der Waals surface area contributed by atoms with Crippen LogP contribution in [0.25, 0.3) is 10.6 Å². The molecule has 0 aliphatic rings. The van der Waals surface area contributed by atoms with E-state index in [4.69, 9.17) is 9.72 Å². The minimum atomic E-state index is -0.794. The van der Waals surface area contributed by atoms with Gasteiger partial charge in [-0.1, -0.05) is 74.5 Å². The van der Waals surface area contributed by atoms with Crippen molar-refractivity contribution in [3.05, 3.63) is 99.2 Å². The molecule has 0 bridgehead atoms. The standard InChI is InChI=1S/C29H31N3O3S2/c1-19(2)22-13-11-21(12-14-22)17-24(28-31-25(18-37-28)26-10-7-15-36-26)30-27(33)23(32-29(34)35-3)16-20-8-5-4-6-9-20/h4-15,18-19,23-24H,16-17H2,1-3H3,(H,30,33)(H,32,34). The normalized spacial score (nSPS) is 12.6. The summed E-state index contributed by atoms with van der Waals surface area (Å²) in [6, 6.07) is 21.0. The molecule has 0 fully saturated rings. The molecule has 4 rings (SSSR count). The van der Waals surface area contributed by atoms with Crippen molar-refractivity contribution in [2.75, 3.05) is 7.11 Å². The maximum Gasteiger partial charge on any atom is 0.407 e. The molecule has 2 atom stereocenters. The number of rotatable bonds is 10. The van der Waals surface area contributed by atoms with Gasteiger partial charge in [0.05, 0.1) is 23.7 Å². The van der Waals surface area contributed by atoms with E-state index in [0.717, 1.165) is 26.7 Å². The zero-order chi connectivity index (χ0) is 26.2. The fourth-order valence-corrected chi connectivity index (χ4v) is 5.62. The fraction of sp³-hybridized carbons (Fsp3) is 0.276. The van der Waals surface area contributed by atoms with E-state index in [9.17, 15) is 9.59 Å². The van der Waals surface area contributed by atoms with Gasteiger partial charge in [0, 0.05) is 11.8 Å². The molecule has 0 radical (unpaired) electrons. The molecule has 2 unspecified atom stereocenters. The number of nitrogens with one attached hydrogen (secondary N) is 2. The van der Waals surface area contributed by atoms with E-state index in [1.807, 2.05) is 53.2 Å². The number of carbonyl (C=O) groups is 2. The minimum absolute atomic E-state index is 0.286. The van der Waals surface area contributed by atoms with E-state index in [1.165, 1.54) is 24.0 Å². The second kappa shape index (κ2) is 12.7. The second-order valence-corrected chi connectivity index (χ2v) is 10.9. The van der Waals surface area contributed by atoms with Crippen LogP contribution in [0.4, 0.5) is 4.79 Å². The highest BCUT2D eigenvalue weighted by atomic mass is 32.1. The second-order valence-electron chi connectivity index (χ2n) is 9.09. The van der Waals surface area contributed by atoms with E-state index < -0.39 is 12.1 Å². The van der Waals surface area contributed by atoms with Crippen LogP contribution in [0.2, 0.25) is 0 Å². The number of hydrogen-bond acceptors (Lipinski definition) is 6. The monoisotopic (exact) mass is 533 g/mol. The highest BCUT2D eigenvalue weighted by Crippen LogP contribution is 2.30. The molecule has 6 nitrogen and oxygen atoms in total. The topological polar surface area (TPSA) is 80.3 Å². The lowest BCUT2D eigenvalue weighted by Crippen LogP contribution is -2.49. The highest BCUT2D eigenvalue weighted by molar-refractivity contribution is 7.14. The van der Waals surface area contributed by atoms with E-state index in [0.29, 0.717) is 18.8 Å². The Labute approximate surface area is 225 Å². The molecule has 0 aliphatic heterocycles. The number of aromatic nitrogens is 1. The number of ether oxygens (including phenoxy) is 1. The minimum Gasteiger partial charge on any atom is -0.453 e. The maximum atomic E-state index is 13.5. The van der Waals surface area contributed by atoms with Gasteiger partial charge in [-0.3, -0.25) is 4.79 Å². The molecule has 2 amide bonds. The fourth-order valence-electron chi connectivity index (χ4n) is 3.99. The van der Waals surface area contributed by atoms with Crippen molar-refractivity contribution < 1.29 is 14.3 Å². The molecule has 0 saturated carbocycles. The van der Waals surface area contributed by atoms with Crippen LogP contribution < -0.4 is 10.6 Å².